The highest BCUT2D eigenvalue weighted by molar-refractivity contribution is 5.13. The smallest absolute Gasteiger partial charge is 0.0952 e. The van der Waals surface area contributed by atoms with Gasteiger partial charge in [-0.15, -0.1) is 0 Å². The number of rotatable bonds is 4. The molecule has 4 heteroatoms. The second-order valence-corrected chi connectivity index (χ2v) is 4.99. The molecule has 2 rings (SSSR count). The van der Waals surface area contributed by atoms with Gasteiger partial charge in [-0.05, 0) is 25.0 Å². The molecule has 0 fully saturated rings. The molecule has 2 heterocycles. The maximum atomic E-state index is 6.19. The van der Waals surface area contributed by atoms with Gasteiger partial charge in [-0.3, -0.25) is 4.98 Å². The van der Waals surface area contributed by atoms with E-state index in [1.165, 1.54) is 0 Å². The lowest BCUT2D eigenvalue weighted by molar-refractivity contribution is 0.483. The van der Waals surface area contributed by atoms with E-state index in [1.807, 2.05) is 37.6 Å². The Bertz CT molecular complexity index is 516. The van der Waals surface area contributed by atoms with Gasteiger partial charge in [0.05, 0.1) is 24.3 Å². The van der Waals surface area contributed by atoms with Gasteiger partial charge in [0.25, 0.3) is 0 Å². The fourth-order valence-corrected chi connectivity index (χ4v) is 1.94. The number of imidazole rings is 1. The van der Waals surface area contributed by atoms with Gasteiger partial charge in [-0.25, -0.2) is 4.98 Å². The maximum absolute atomic E-state index is 6.19. The largest absolute Gasteiger partial charge is 0.327 e. The number of aryl methyl sites for hydroxylation is 1. The Balaban J connectivity index is 2.22. The van der Waals surface area contributed by atoms with Gasteiger partial charge in [-0.2, -0.15) is 0 Å². The highest BCUT2D eigenvalue weighted by Crippen LogP contribution is 2.19. The predicted octanol–water partition coefficient (Wildman–Crippen LogP) is 2.29. The number of nitrogens with two attached hydrogens (primary N) is 1. The van der Waals surface area contributed by atoms with Crippen LogP contribution in [0.3, 0.4) is 0 Å². The number of nitrogens with zero attached hydrogens (tertiary/aromatic N) is 3. The predicted molar refractivity (Wildman–Crippen MR) is 72.1 cm³/mol. The number of aromatic nitrogens is 3. The third-order valence-corrected chi connectivity index (χ3v) is 3.08. The third kappa shape index (κ3) is 2.76. The maximum Gasteiger partial charge on any atom is 0.0952 e. The molecule has 0 aromatic carbocycles. The Labute approximate surface area is 108 Å². The summed E-state index contributed by atoms with van der Waals surface area (Å²) in [5, 5.41) is 0. The minimum absolute atomic E-state index is 0.0114. The molecule has 2 aromatic heterocycles. The summed E-state index contributed by atoms with van der Waals surface area (Å²) >= 11 is 0. The van der Waals surface area contributed by atoms with E-state index in [1.54, 1.807) is 0 Å². The average Bonchev–Trinajstić information content (AvgIpc) is 2.76. The Hall–Kier alpha value is -1.68. The van der Waals surface area contributed by atoms with Crippen LogP contribution in [0.2, 0.25) is 0 Å². The molecule has 0 saturated heterocycles. The highest BCUT2D eigenvalue weighted by atomic mass is 15.1. The van der Waals surface area contributed by atoms with Crippen LogP contribution in [0.5, 0.6) is 0 Å². The van der Waals surface area contributed by atoms with E-state index in [2.05, 4.69) is 28.4 Å². The Morgan fingerprint density at radius 1 is 1.33 bits per heavy atom. The molecule has 0 radical (unpaired) electrons. The molecule has 4 nitrogen and oxygen atoms in total. The summed E-state index contributed by atoms with van der Waals surface area (Å²) in [4.78, 5) is 8.70. The summed E-state index contributed by atoms with van der Waals surface area (Å²) < 4.78 is 2.08. The van der Waals surface area contributed by atoms with Crippen molar-refractivity contribution < 1.29 is 0 Å². The van der Waals surface area contributed by atoms with Gasteiger partial charge in [0.15, 0.2) is 0 Å². The molecule has 2 N–H and O–H groups in total. The molecule has 0 aliphatic rings. The number of hydrogen-bond acceptors (Lipinski definition) is 3. The minimum atomic E-state index is 0.0114. The lowest BCUT2D eigenvalue weighted by atomic mass is 10.0. The van der Waals surface area contributed by atoms with Gasteiger partial charge < -0.3 is 10.3 Å². The van der Waals surface area contributed by atoms with Crippen LogP contribution in [0.1, 0.15) is 37.0 Å². The molecule has 2 aromatic rings. The first-order chi connectivity index (χ1) is 8.58. The number of pyridine rings is 1. The summed E-state index contributed by atoms with van der Waals surface area (Å²) in [6, 6.07) is 6.06. The lowest BCUT2D eigenvalue weighted by Gasteiger charge is -2.17. The van der Waals surface area contributed by atoms with E-state index in [9.17, 15) is 0 Å². The van der Waals surface area contributed by atoms with Gasteiger partial charge in [0.1, 0.15) is 0 Å². The molecular weight excluding hydrogens is 224 g/mol. The zero-order valence-corrected chi connectivity index (χ0v) is 11.2. The summed E-state index contributed by atoms with van der Waals surface area (Å²) in [6.45, 7) is 6.95. The Morgan fingerprint density at radius 3 is 2.78 bits per heavy atom. The van der Waals surface area contributed by atoms with Crippen LogP contribution in [0.15, 0.2) is 30.7 Å². The monoisotopic (exact) mass is 244 g/mol. The fraction of sp³-hybridized carbons (Fsp3) is 0.429. The van der Waals surface area contributed by atoms with E-state index >= 15 is 0 Å². The highest BCUT2D eigenvalue weighted by Gasteiger charge is 2.15. The Morgan fingerprint density at radius 2 is 2.11 bits per heavy atom. The van der Waals surface area contributed by atoms with Crippen molar-refractivity contribution >= 4 is 0 Å². The molecule has 1 unspecified atom stereocenters. The summed E-state index contributed by atoms with van der Waals surface area (Å²) in [6.07, 6.45) is 3.67. The standard InChI is InChI=1S/C14H20N4/c1-10(2)14(15)13-7-16-9-18(13)8-12-6-4-5-11(3)17-12/h4-7,9-10,14H,8,15H2,1-3H3. The average molecular weight is 244 g/mol. The Kier molecular flexibility index (Phi) is 3.77. The van der Waals surface area contributed by atoms with Crippen molar-refractivity contribution in [1.29, 1.82) is 0 Å². The van der Waals surface area contributed by atoms with Crippen LogP contribution < -0.4 is 5.73 Å². The molecular formula is C14H20N4. The van der Waals surface area contributed by atoms with E-state index < -0.39 is 0 Å². The molecule has 18 heavy (non-hydrogen) atoms. The van der Waals surface area contributed by atoms with Gasteiger partial charge in [0, 0.05) is 17.9 Å². The van der Waals surface area contributed by atoms with Crippen LogP contribution in [-0.4, -0.2) is 14.5 Å². The zero-order chi connectivity index (χ0) is 13.1. The number of hydrogen-bond donors (Lipinski definition) is 1. The molecule has 0 spiro atoms. The topological polar surface area (TPSA) is 56.7 Å². The second-order valence-electron chi connectivity index (χ2n) is 4.99. The molecule has 0 aliphatic heterocycles. The van der Waals surface area contributed by atoms with Crippen molar-refractivity contribution in [2.24, 2.45) is 11.7 Å². The van der Waals surface area contributed by atoms with Gasteiger partial charge >= 0.3 is 0 Å². The molecule has 96 valence electrons. The van der Waals surface area contributed by atoms with Crippen LogP contribution in [0.25, 0.3) is 0 Å². The van der Waals surface area contributed by atoms with Crippen LogP contribution in [0.4, 0.5) is 0 Å². The van der Waals surface area contributed by atoms with Crippen molar-refractivity contribution in [3.63, 3.8) is 0 Å². The summed E-state index contributed by atoms with van der Waals surface area (Å²) in [7, 11) is 0. The van der Waals surface area contributed by atoms with Crippen LogP contribution >= 0.6 is 0 Å². The van der Waals surface area contributed by atoms with E-state index in [-0.39, 0.29) is 6.04 Å². The third-order valence-electron chi connectivity index (χ3n) is 3.08. The van der Waals surface area contributed by atoms with Crippen LogP contribution in [0, 0.1) is 12.8 Å². The van der Waals surface area contributed by atoms with Crippen LogP contribution in [-0.2, 0) is 6.54 Å². The van der Waals surface area contributed by atoms with Gasteiger partial charge in [-0.1, -0.05) is 19.9 Å². The lowest BCUT2D eigenvalue weighted by Crippen LogP contribution is -2.20. The van der Waals surface area contributed by atoms with Crippen molar-refractivity contribution in [1.82, 2.24) is 14.5 Å². The molecule has 0 amide bonds. The molecule has 0 aliphatic carbocycles. The molecule has 1 atom stereocenters. The van der Waals surface area contributed by atoms with Crippen molar-refractivity contribution in [2.75, 3.05) is 0 Å². The normalized spacial score (nSPS) is 12.9. The van der Waals surface area contributed by atoms with Crippen molar-refractivity contribution in [2.45, 2.75) is 33.4 Å². The first-order valence-electron chi connectivity index (χ1n) is 6.26. The van der Waals surface area contributed by atoms with Gasteiger partial charge in [0.2, 0.25) is 0 Å². The second kappa shape index (κ2) is 5.31. The SMILES string of the molecule is Cc1cccc(Cn2cncc2C(N)C(C)C)n1. The van der Waals surface area contributed by atoms with E-state index in [0.29, 0.717) is 5.92 Å². The van der Waals surface area contributed by atoms with E-state index in [0.717, 1.165) is 23.6 Å². The fourth-order valence-electron chi connectivity index (χ4n) is 1.94. The zero-order valence-electron chi connectivity index (χ0n) is 11.2. The first kappa shape index (κ1) is 12.8. The first-order valence-corrected chi connectivity index (χ1v) is 6.26. The molecule has 0 bridgehead atoms. The molecule has 0 saturated carbocycles. The van der Waals surface area contributed by atoms with Crippen molar-refractivity contribution in [3.8, 4) is 0 Å². The van der Waals surface area contributed by atoms with E-state index in [4.69, 9.17) is 5.73 Å². The quantitative estimate of drug-likeness (QED) is 0.897. The van der Waals surface area contributed by atoms with Crippen molar-refractivity contribution in [3.05, 3.63) is 47.8 Å². The minimum Gasteiger partial charge on any atom is -0.327 e. The summed E-state index contributed by atoms with van der Waals surface area (Å²) in [5.74, 6) is 0.394. The summed E-state index contributed by atoms with van der Waals surface area (Å²) in [5.41, 5.74) is 9.31.